The number of hydrogen-bond donors (Lipinski definition) is 2. The first-order chi connectivity index (χ1) is 15.7. The van der Waals surface area contributed by atoms with Crippen LogP contribution in [0.5, 0.6) is 23.1 Å². The molecule has 4 rings (SSSR count). The van der Waals surface area contributed by atoms with E-state index in [4.69, 9.17) is 14.2 Å². The molecule has 0 radical (unpaired) electrons. The molecule has 0 saturated carbocycles. The average Bonchev–Trinajstić information content (AvgIpc) is 3.37. The molecule has 1 atom stereocenters. The summed E-state index contributed by atoms with van der Waals surface area (Å²) < 4.78 is 16.5. The van der Waals surface area contributed by atoms with Crippen molar-refractivity contribution in [2.75, 3.05) is 32.6 Å². The van der Waals surface area contributed by atoms with Gasteiger partial charge in [-0.25, -0.2) is 4.98 Å². The quantitative estimate of drug-likeness (QED) is 0.511. The van der Waals surface area contributed by atoms with Crippen molar-refractivity contribution in [2.24, 2.45) is 0 Å². The summed E-state index contributed by atoms with van der Waals surface area (Å²) in [6.45, 7) is 1.86. The Balaban J connectivity index is 1.53. The van der Waals surface area contributed by atoms with Crippen molar-refractivity contribution >= 4 is 17.8 Å². The van der Waals surface area contributed by atoms with Crippen molar-refractivity contribution in [2.45, 2.75) is 18.9 Å². The van der Waals surface area contributed by atoms with Gasteiger partial charge in [0.25, 0.3) is 0 Å². The predicted octanol–water partition coefficient (Wildman–Crippen LogP) is 4.62. The Labute approximate surface area is 188 Å². The zero-order valence-corrected chi connectivity index (χ0v) is 18.4. The lowest BCUT2D eigenvalue weighted by molar-refractivity contribution is 0.412. The summed E-state index contributed by atoms with van der Waals surface area (Å²) in [5, 5.41) is 6.93. The molecule has 7 nitrogen and oxygen atoms in total. The summed E-state index contributed by atoms with van der Waals surface area (Å²) in [5.41, 5.74) is 1.79. The van der Waals surface area contributed by atoms with E-state index in [2.05, 4.69) is 20.6 Å². The first-order valence-electron chi connectivity index (χ1n) is 10.7. The van der Waals surface area contributed by atoms with Crippen LogP contribution in [-0.4, -0.2) is 43.3 Å². The highest BCUT2D eigenvalue weighted by molar-refractivity contribution is 5.68. The minimum absolute atomic E-state index is 0.443. The molecule has 1 aromatic heterocycles. The lowest BCUT2D eigenvalue weighted by Crippen LogP contribution is -2.29. The van der Waals surface area contributed by atoms with Gasteiger partial charge in [0.1, 0.15) is 22.9 Å². The normalized spacial score (nSPS) is 15.6. The molecule has 3 aromatic rings. The maximum atomic E-state index is 6.11. The second-order valence-electron chi connectivity index (χ2n) is 7.51. The molecular formula is C25H28N4O3. The van der Waals surface area contributed by atoms with Crippen LogP contribution in [0.25, 0.3) is 12.2 Å². The summed E-state index contributed by atoms with van der Waals surface area (Å²) in [6, 6.07) is 15.7. The van der Waals surface area contributed by atoms with Crippen LogP contribution >= 0.6 is 0 Å². The van der Waals surface area contributed by atoms with Gasteiger partial charge in [-0.2, -0.15) is 4.98 Å². The van der Waals surface area contributed by atoms with Crippen LogP contribution in [0.15, 0.2) is 54.7 Å². The minimum atomic E-state index is 0.443. The van der Waals surface area contributed by atoms with E-state index >= 15 is 0 Å². The SMILES string of the molecule is COc1ccc(/C=C/c2ncc(NCC3CCCN3)c(Oc3ccc(OC)cc3)n2)cc1. The first-order valence-corrected chi connectivity index (χ1v) is 10.7. The van der Waals surface area contributed by atoms with Crippen molar-refractivity contribution in [3.63, 3.8) is 0 Å². The minimum Gasteiger partial charge on any atom is -0.497 e. The molecule has 2 N–H and O–H groups in total. The second-order valence-corrected chi connectivity index (χ2v) is 7.51. The topological polar surface area (TPSA) is 77.5 Å². The van der Waals surface area contributed by atoms with Crippen LogP contribution in [-0.2, 0) is 0 Å². The molecule has 0 spiro atoms. The molecule has 1 fully saturated rings. The van der Waals surface area contributed by atoms with Gasteiger partial charge < -0.3 is 24.8 Å². The van der Waals surface area contributed by atoms with E-state index in [0.717, 1.165) is 42.3 Å². The van der Waals surface area contributed by atoms with Gasteiger partial charge in [0.15, 0.2) is 5.82 Å². The second kappa shape index (κ2) is 10.6. The van der Waals surface area contributed by atoms with E-state index in [1.165, 1.54) is 6.42 Å². The number of benzene rings is 2. The van der Waals surface area contributed by atoms with E-state index in [-0.39, 0.29) is 0 Å². The van der Waals surface area contributed by atoms with Crippen LogP contribution < -0.4 is 24.8 Å². The highest BCUT2D eigenvalue weighted by Gasteiger charge is 2.16. The maximum absolute atomic E-state index is 6.11. The molecule has 1 saturated heterocycles. The molecule has 0 aliphatic carbocycles. The van der Waals surface area contributed by atoms with Crippen molar-refractivity contribution < 1.29 is 14.2 Å². The van der Waals surface area contributed by atoms with Crippen LogP contribution in [0.3, 0.4) is 0 Å². The molecule has 1 aliphatic heterocycles. The number of methoxy groups -OCH3 is 2. The van der Waals surface area contributed by atoms with E-state index in [9.17, 15) is 0 Å². The standard InChI is InChI=1S/C25H28N4O3/c1-30-20-8-5-18(6-9-20)7-14-24-28-17-23(27-16-19-4-3-15-26-19)25(29-24)32-22-12-10-21(31-2)11-13-22/h5-14,17,19,26-27H,3-4,15-16H2,1-2H3/b14-7+. The van der Waals surface area contributed by atoms with Gasteiger partial charge in [-0.05, 0) is 67.4 Å². The largest absolute Gasteiger partial charge is 0.497 e. The first kappa shape index (κ1) is 21.6. The molecule has 1 aliphatic rings. The van der Waals surface area contributed by atoms with E-state index in [1.54, 1.807) is 20.4 Å². The number of hydrogen-bond acceptors (Lipinski definition) is 7. The fourth-order valence-electron chi connectivity index (χ4n) is 3.46. The summed E-state index contributed by atoms with van der Waals surface area (Å²) in [5.74, 6) is 3.32. The number of nitrogens with one attached hydrogen (secondary N) is 2. The molecule has 0 bridgehead atoms. The molecule has 7 heteroatoms. The highest BCUT2D eigenvalue weighted by atomic mass is 16.5. The molecule has 2 heterocycles. The van der Waals surface area contributed by atoms with Gasteiger partial charge in [0, 0.05) is 12.6 Å². The number of nitrogens with zero attached hydrogens (tertiary/aromatic N) is 2. The number of aromatic nitrogens is 2. The summed E-state index contributed by atoms with van der Waals surface area (Å²) >= 11 is 0. The Bertz CT molecular complexity index is 1030. The lowest BCUT2D eigenvalue weighted by atomic mass is 10.2. The van der Waals surface area contributed by atoms with Gasteiger partial charge in [-0.3, -0.25) is 0 Å². The van der Waals surface area contributed by atoms with Crippen molar-refractivity contribution in [3.05, 3.63) is 66.1 Å². The van der Waals surface area contributed by atoms with Gasteiger partial charge >= 0.3 is 0 Å². The third-order valence-electron chi connectivity index (χ3n) is 5.29. The van der Waals surface area contributed by atoms with Crippen LogP contribution in [0.2, 0.25) is 0 Å². The maximum Gasteiger partial charge on any atom is 0.246 e. The van der Waals surface area contributed by atoms with Gasteiger partial charge in [-0.15, -0.1) is 0 Å². The van der Waals surface area contributed by atoms with E-state index in [1.807, 2.05) is 60.7 Å². The Kier molecular flexibility index (Phi) is 7.19. The third kappa shape index (κ3) is 5.76. The number of ether oxygens (including phenoxy) is 3. The molecule has 0 amide bonds. The van der Waals surface area contributed by atoms with Crippen LogP contribution in [0, 0.1) is 0 Å². The average molecular weight is 433 g/mol. The Hall–Kier alpha value is -3.58. The molecular weight excluding hydrogens is 404 g/mol. The van der Waals surface area contributed by atoms with Gasteiger partial charge in [0.05, 0.1) is 20.4 Å². The van der Waals surface area contributed by atoms with Crippen LogP contribution in [0.1, 0.15) is 24.2 Å². The number of anilines is 1. The summed E-state index contributed by atoms with van der Waals surface area (Å²) in [6.07, 6.45) is 7.96. The van der Waals surface area contributed by atoms with Crippen molar-refractivity contribution in [1.82, 2.24) is 15.3 Å². The predicted molar refractivity (Wildman–Crippen MR) is 127 cm³/mol. The fourth-order valence-corrected chi connectivity index (χ4v) is 3.46. The zero-order valence-electron chi connectivity index (χ0n) is 18.4. The van der Waals surface area contributed by atoms with Gasteiger partial charge in [0.2, 0.25) is 5.88 Å². The third-order valence-corrected chi connectivity index (χ3v) is 5.29. The summed E-state index contributed by atoms with van der Waals surface area (Å²) in [4.78, 5) is 9.14. The molecule has 32 heavy (non-hydrogen) atoms. The van der Waals surface area contributed by atoms with E-state index < -0.39 is 0 Å². The molecule has 2 aromatic carbocycles. The highest BCUT2D eigenvalue weighted by Crippen LogP contribution is 2.29. The monoisotopic (exact) mass is 432 g/mol. The smallest absolute Gasteiger partial charge is 0.246 e. The zero-order chi connectivity index (χ0) is 22.2. The lowest BCUT2D eigenvalue weighted by Gasteiger charge is -2.15. The number of rotatable bonds is 9. The summed E-state index contributed by atoms with van der Waals surface area (Å²) in [7, 11) is 3.29. The Morgan fingerprint density at radius 1 is 0.969 bits per heavy atom. The Morgan fingerprint density at radius 2 is 1.66 bits per heavy atom. The fraction of sp³-hybridized carbons (Fsp3) is 0.280. The van der Waals surface area contributed by atoms with Crippen molar-refractivity contribution in [3.8, 4) is 23.1 Å². The van der Waals surface area contributed by atoms with Gasteiger partial charge in [-0.1, -0.05) is 18.2 Å². The van der Waals surface area contributed by atoms with E-state index in [0.29, 0.717) is 23.5 Å². The van der Waals surface area contributed by atoms with Crippen molar-refractivity contribution in [1.29, 1.82) is 0 Å². The molecule has 1 unspecified atom stereocenters. The Morgan fingerprint density at radius 3 is 2.31 bits per heavy atom. The van der Waals surface area contributed by atoms with Crippen LogP contribution in [0.4, 0.5) is 5.69 Å². The molecule has 166 valence electrons.